The van der Waals surface area contributed by atoms with Crippen LogP contribution in [0.4, 0.5) is 0 Å². The van der Waals surface area contributed by atoms with Gasteiger partial charge >= 0.3 is 0 Å². The summed E-state index contributed by atoms with van der Waals surface area (Å²) in [6, 6.07) is 6.77. The van der Waals surface area contributed by atoms with E-state index < -0.39 is 0 Å². The van der Waals surface area contributed by atoms with Gasteiger partial charge in [0.15, 0.2) is 0 Å². The Morgan fingerprint density at radius 2 is 2.07 bits per heavy atom. The van der Waals surface area contributed by atoms with E-state index in [1.807, 2.05) is 0 Å². The smallest absolute Gasteiger partial charge is 0.283 e. The Labute approximate surface area is 180 Å². The number of hydrogen-bond donors (Lipinski definition) is 3. The Balaban J connectivity index is 0.000000343. The van der Waals surface area contributed by atoms with Crippen LogP contribution in [0.3, 0.4) is 0 Å². The van der Waals surface area contributed by atoms with Crippen molar-refractivity contribution in [1.82, 2.24) is 5.43 Å². The van der Waals surface area contributed by atoms with E-state index in [1.54, 1.807) is 20.8 Å². The maximum Gasteiger partial charge on any atom is 0.283 e. The maximum atomic E-state index is 10.6. The topological polar surface area (TPSA) is 112 Å². The molecule has 1 amide bonds. The highest BCUT2D eigenvalue weighted by molar-refractivity contribution is 5.80. The summed E-state index contributed by atoms with van der Waals surface area (Å²) in [5.41, 5.74) is 9.60. The van der Waals surface area contributed by atoms with Crippen molar-refractivity contribution < 1.29 is 14.3 Å². The lowest BCUT2D eigenvalue weighted by molar-refractivity contribution is -0.128. The fourth-order valence-electron chi connectivity index (χ4n) is 3.60. The van der Waals surface area contributed by atoms with Crippen molar-refractivity contribution in [1.29, 1.82) is 0 Å². The van der Waals surface area contributed by atoms with Crippen LogP contribution in [-0.2, 0) is 15.1 Å². The van der Waals surface area contributed by atoms with E-state index in [1.165, 1.54) is 18.4 Å². The van der Waals surface area contributed by atoms with Gasteiger partial charge in [-0.05, 0) is 30.0 Å². The normalized spacial score (nSPS) is 22.4. The number of amides is 1. The molecule has 0 bridgehead atoms. The number of nitrogens with zero attached hydrogens (tertiary/aromatic N) is 1. The van der Waals surface area contributed by atoms with E-state index in [0.29, 0.717) is 18.5 Å². The molecule has 1 aromatic carbocycles. The number of carbonyl (C=O) groups is 1. The van der Waals surface area contributed by atoms with Crippen LogP contribution in [0.5, 0.6) is 5.75 Å². The molecule has 7 nitrogen and oxygen atoms in total. The molecule has 168 valence electrons. The van der Waals surface area contributed by atoms with E-state index in [9.17, 15) is 4.79 Å². The number of hydrogen-bond acceptors (Lipinski definition) is 6. The summed E-state index contributed by atoms with van der Waals surface area (Å²) in [5, 5.41) is 0. The summed E-state index contributed by atoms with van der Waals surface area (Å²) in [6.45, 7) is 12.5. The average Bonchev–Trinajstić information content (AvgIpc) is 3.06. The van der Waals surface area contributed by atoms with Gasteiger partial charge in [0, 0.05) is 17.4 Å². The van der Waals surface area contributed by atoms with Gasteiger partial charge in [0.05, 0.1) is 0 Å². The third-order valence-electron chi connectivity index (χ3n) is 5.51. The van der Waals surface area contributed by atoms with Crippen molar-refractivity contribution in [2.24, 2.45) is 22.0 Å². The number of fused-ring (bicyclic) bond motifs is 2. The minimum Gasteiger partial charge on any atom is -0.490 e. The Hall–Kier alpha value is -2.28. The van der Waals surface area contributed by atoms with Gasteiger partial charge in [-0.2, -0.15) is 0 Å². The first-order valence-electron chi connectivity index (χ1n) is 10.8. The molecule has 0 saturated carbocycles. The summed E-state index contributed by atoms with van der Waals surface area (Å²) < 4.78 is 11.8. The number of nitrogens with one attached hydrogen (secondary N) is 1. The molecular formula is C23H38N4O3. The molecule has 0 aliphatic carbocycles. The molecule has 30 heavy (non-hydrogen) atoms. The van der Waals surface area contributed by atoms with E-state index >= 15 is 0 Å². The largest absolute Gasteiger partial charge is 0.490 e. The van der Waals surface area contributed by atoms with E-state index in [-0.39, 0.29) is 23.0 Å². The summed E-state index contributed by atoms with van der Waals surface area (Å²) in [7, 11) is 0. The van der Waals surface area contributed by atoms with Gasteiger partial charge in [-0.15, -0.1) is 0 Å². The third kappa shape index (κ3) is 5.65. The van der Waals surface area contributed by atoms with Crippen molar-refractivity contribution in [2.45, 2.75) is 84.8 Å². The number of ether oxygens (including phenoxy) is 2. The SMILES string of the molecule is CC(C)(C)C(=O)NN.CCCC[C@H]1CC2(COC(N)=N2)c2cc(C(C)C)ccc2O1. The predicted molar refractivity (Wildman–Crippen MR) is 120 cm³/mol. The summed E-state index contributed by atoms with van der Waals surface area (Å²) in [5.74, 6) is 6.14. The minimum absolute atomic E-state index is 0.141. The molecule has 0 aromatic heterocycles. The number of amidine groups is 1. The Bertz CT molecular complexity index is 770. The predicted octanol–water partition coefficient (Wildman–Crippen LogP) is 3.71. The van der Waals surface area contributed by atoms with Crippen LogP contribution in [0.15, 0.2) is 23.2 Å². The summed E-state index contributed by atoms with van der Waals surface area (Å²) in [4.78, 5) is 15.3. The van der Waals surface area contributed by atoms with Crippen molar-refractivity contribution in [3.8, 4) is 5.75 Å². The van der Waals surface area contributed by atoms with Gasteiger partial charge in [-0.25, -0.2) is 10.8 Å². The molecule has 2 heterocycles. The highest BCUT2D eigenvalue weighted by Gasteiger charge is 2.46. The second-order valence-electron chi connectivity index (χ2n) is 9.49. The maximum absolute atomic E-state index is 10.6. The first-order valence-corrected chi connectivity index (χ1v) is 10.8. The number of aliphatic imine (C=N–C) groups is 1. The van der Waals surface area contributed by atoms with Crippen molar-refractivity contribution in [3.05, 3.63) is 29.3 Å². The molecule has 3 rings (SSSR count). The van der Waals surface area contributed by atoms with E-state index in [4.69, 9.17) is 21.1 Å². The van der Waals surface area contributed by atoms with Crippen LogP contribution in [0.25, 0.3) is 0 Å². The minimum atomic E-state index is -0.366. The molecule has 7 heteroatoms. The highest BCUT2D eigenvalue weighted by Crippen LogP contribution is 2.46. The number of carbonyl (C=O) groups excluding carboxylic acids is 1. The van der Waals surface area contributed by atoms with Crippen molar-refractivity contribution in [2.75, 3.05) is 6.61 Å². The quantitative estimate of drug-likeness (QED) is 0.392. The molecule has 5 N–H and O–H groups in total. The Kier molecular flexibility index (Phi) is 7.75. The summed E-state index contributed by atoms with van der Waals surface area (Å²) >= 11 is 0. The van der Waals surface area contributed by atoms with Gasteiger partial charge in [-0.1, -0.05) is 60.5 Å². The first-order chi connectivity index (χ1) is 14.0. The fourth-order valence-corrected chi connectivity index (χ4v) is 3.60. The molecule has 0 saturated heterocycles. The molecule has 2 atom stereocenters. The molecule has 1 aromatic rings. The molecule has 1 spiro atoms. The number of nitrogens with two attached hydrogens (primary N) is 2. The van der Waals surface area contributed by atoms with Crippen LogP contribution < -0.4 is 21.7 Å². The van der Waals surface area contributed by atoms with Crippen molar-refractivity contribution >= 4 is 11.9 Å². The second-order valence-corrected chi connectivity index (χ2v) is 9.49. The molecule has 0 fully saturated rings. The first kappa shape index (κ1) is 24.0. The van der Waals surface area contributed by atoms with Crippen LogP contribution in [0, 0.1) is 5.41 Å². The lowest BCUT2D eigenvalue weighted by atomic mass is 9.80. The van der Waals surface area contributed by atoms with Gasteiger partial charge in [0.2, 0.25) is 5.91 Å². The van der Waals surface area contributed by atoms with Crippen LogP contribution in [0.2, 0.25) is 0 Å². The third-order valence-corrected chi connectivity index (χ3v) is 5.51. The van der Waals surface area contributed by atoms with Crippen LogP contribution in [0.1, 0.15) is 84.3 Å². The van der Waals surface area contributed by atoms with Crippen LogP contribution >= 0.6 is 0 Å². The van der Waals surface area contributed by atoms with Gasteiger partial charge in [0.1, 0.15) is 24.0 Å². The molecule has 2 aliphatic heterocycles. The number of unbranched alkanes of at least 4 members (excludes halogenated alkanes) is 1. The lowest BCUT2D eigenvalue weighted by Crippen LogP contribution is -2.39. The zero-order chi connectivity index (χ0) is 22.5. The van der Waals surface area contributed by atoms with E-state index in [0.717, 1.165) is 24.2 Å². The molecule has 1 unspecified atom stereocenters. The van der Waals surface area contributed by atoms with Gasteiger partial charge in [0.25, 0.3) is 6.02 Å². The number of hydrazine groups is 1. The second kappa shape index (κ2) is 9.69. The molecular weight excluding hydrogens is 380 g/mol. The number of benzene rings is 1. The fraction of sp³-hybridized carbons (Fsp3) is 0.652. The van der Waals surface area contributed by atoms with Gasteiger partial charge in [-0.3, -0.25) is 10.2 Å². The highest BCUT2D eigenvalue weighted by atomic mass is 16.5. The standard InChI is InChI=1S/C18H26N2O2.C5H12N2O/c1-4-5-6-14-10-18(11-21-17(19)20-18)15-9-13(12(2)3)7-8-16(15)22-14;1-5(2,3)4(8)7-6/h7-9,12,14H,4-6,10-11H2,1-3H3,(H2,19,20);6H2,1-3H3,(H,7,8)/t14-,18?;/m0./s1. The van der Waals surface area contributed by atoms with Crippen molar-refractivity contribution in [3.63, 3.8) is 0 Å². The zero-order valence-corrected chi connectivity index (χ0v) is 19.2. The Morgan fingerprint density at radius 3 is 2.53 bits per heavy atom. The van der Waals surface area contributed by atoms with Gasteiger partial charge < -0.3 is 15.2 Å². The van der Waals surface area contributed by atoms with E-state index in [2.05, 4.69) is 49.4 Å². The summed E-state index contributed by atoms with van der Waals surface area (Å²) in [6.07, 6.45) is 4.44. The zero-order valence-electron chi connectivity index (χ0n) is 19.2. The molecule has 0 radical (unpaired) electrons. The van der Waals surface area contributed by atoms with Crippen LogP contribution in [-0.4, -0.2) is 24.6 Å². The number of rotatable bonds is 4. The molecule has 2 aliphatic rings. The lowest BCUT2D eigenvalue weighted by Gasteiger charge is -2.37. The monoisotopic (exact) mass is 418 g/mol. The average molecular weight is 419 g/mol. The Morgan fingerprint density at radius 1 is 1.37 bits per heavy atom.